The summed E-state index contributed by atoms with van der Waals surface area (Å²) < 4.78 is 11.0. The van der Waals surface area contributed by atoms with Gasteiger partial charge in [0.2, 0.25) is 0 Å². The normalized spacial score (nSPS) is 17.1. The van der Waals surface area contributed by atoms with Crippen LogP contribution in [0.2, 0.25) is 0 Å². The first-order valence-corrected chi connectivity index (χ1v) is 19.8. The van der Waals surface area contributed by atoms with Crippen LogP contribution in [0, 0.1) is 0 Å². The number of esters is 1. The van der Waals surface area contributed by atoms with Gasteiger partial charge in [0.1, 0.15) is 5.54 Å². The minimum Gasteiger partial charge on any atom is -0.467 e. The highest BCUT2D eigenvalue weighted by Crippen LogP contribution is 2.44. The summed E-state index contributed by atoms with van der Waals surface area (Å²) in [5, 5.41) is 13.8. The van der Waals surface area contributed by atoms with Crippen molar-refractivity contribution >= 4 is 5.97 Å². The molecule has 7 aromatic rings. The van der Waals surface area contributed by atoms with Crippen LogP contribution in [-0.4, -0.2) is 42.6 Å². The number of fused-ring (bicyclic) bond motifs is 1. The molecule has 0 N–H and O–H groups in total. The SMILES string of the molecule is CCCCc1c(Cc2ccc(-c3ccccc3-c3nnnn3C(c3ccccc3)(c3ccccc3)c3ccccc3)cc2)c(=O)n2n1C1C=CC2(C(=O)OC)CC1. The minimum absolute atomic E-state index is 0.0460. The number of benzene rings is 5. The first kappa shape index (κ1) is 36.1. The van der Waals surface area contributed by atoms with Crippen molar-refractivity contribution in [2.24, 2.45) is 0 Å². The second-order valence-electron chi connectivity index (χ2n) is 15.0. The summed E-state index contributed by atoms with van der Waals surface area (Å²) in [6.45, 7) is 2.16. The second-order valence-corrected chi connectivity index (χ2v) is 15.0. The van der Waals surface area contributed by atoms with Crippen LogP contribution in [0.1, 0.15) is 72.2 Å². The monoisotopic (exact) mass is 752 g/mol. The van der Waals surface area contributed by atoms with Gasteiger partial charge >= 0.3 is 5.97 Å². The second kappa shape index (κ2) is 14.8. The summed E-state index contributed by atoms with van der Waals surface area (Å²) in [6, 6.07) is 47.9. The Kier molecular flexibility index (Phi) is 9.36. The van der Waals surface area contributed by atoms with Crippen LogP contribution in [0.3, 0.4) is 0 Å². The number of unbranched alkanes of at least 4 members (excludes halogenated alkanes) is 1. The van der Waals surface area contributed by atoms with Gasteiger partial charge in [0.05, 0.1) is 13.2 Å². The molecule has 9 heteroatoms. The quantitative estimate of drug-likeness (QED) is 0.0706. The minimum atomic E-state index is -1.11. The number of hydrogen-bond donors (Lipinski definition) is 0. The molecule has 1 aliphatic carbocycles. The van der Waals surface area contributed by atoms with Crippen LogP contribution >= 0.6 is 0 Å². The summed E-state index contributed by atoms with van der Waals surface area (Å²) >= 11 is 0. The maximum absolute atomic E-state index is 14.4. The molecule has 2 aromatic heterocycles. The van der Waals surface area contributed by atoms with Crippen molar-refractivity contribution < 1.29 is 9.53 Å². The van der Waals surface area contributed by atoms with E-state index < -0.39 is 17.0 Å². The molecule has 284 valence electrons. The molecule has 4 heterocycles. The molecule has 0 amide bonds. The van der Waals surface area contributed by atoms with E-state index in [9.17, 15) is 9.59 Å². The molecule has 2 aliphatic heterocycles. The molecule has 0 spiro atoms. The van der Waals surface area contributed by atoms with Gasteiger partial charge in [0, 0.05) is 23.2 Å². The third-order valence-corrected chi connectivity index (χ3v) is 11.9. The molecule has 9 nitrogen and oxygen atoms in total. The summed E-state index contributed by atoms with van der Waals surface area (Å²) in [7, 11) is 1.40. The van der Waals surface area contributed by atoms with Crippen molar-refractivity contribution in [2.75, 3.05) is 7.11 Å². The summed E-state index contributed by atoms with van der Waals surface area (Å²) in [4.78, 5) is 27.7. The third-order valence-electron chi connectivity index (χ3n) is 11.9. The fraction of sp³-hybridized carbons (Fsp3) is 0.229. The standard InChI is InChI=1S/C48H44N6O3/c1-3-4-24-43-42(45(55)54-47(46(56)57-2)31-29-39(30-32-47)52(43)54)33-34-25-27-35(28-26-34)40-22-14-15-23-41(40)44-49-50-51-53(44)48(36-16-8-5-9-17-36,37-18-10-6-11-19-37)38-20-12-7-13-21-38/h5-23,25-29,31,39H,3-4,24,30,32-33H2,1-2H3. The zero-order chi connectivity index (χ0) is 39.0. The molecule has 57 heavy (non-hydrogen) atoms. The summed E-state index contributed by atoms with van der Waals surface area (Å²) in [5.74, 6) is 0.232. The lowest BCUT2D eigenvalue weighted by atomic mass is 9.77. The molecule has 0 saturated heterocycles. The van der Waals surface area contributed by atoms with Gasteiger partial charge in [-0.2, -0.15) is 0 Å². The lowest BCUT2D eigenvalue weighted by Gasteiger charge is -2.43. The molecular formula is C48H44N6O3. The fourth-order valence-electron chi connectivity index (χ4n) is 9.17. The molecule has 2 bridgehead atoms. The lowest BCUT2D eigenvalue weighted by Crippen LogP contribution is -2.54. The highest BCUT2D eigenvalue weighted by molar-refractivity contribution is 5.82. The van der Waals surface area contributed by atoms with Gasteiger partial charge in [-0.25, -0.2) is 14.2 Å². The van der Waals surface area contributed by atoms with Crippen LogP contribution in [-0.2, 0) is 33.5 Å². The largest absolute Gasteiger partial charge is 0.467 e. The Hall–Kier alpha value is -6.61. The average Bonchev–Trinajstić information content (AvgIpc) is 3.88. The van der Waals surface area contributed by atoms with Gasteiger partial charge in [-0.15, -0.1) is 5.10 Å². The van der Waals surface area contributed by atoms with Crippen molar-refractivity contribution in [3.63, 3.8) is 0 Å². The molecule has 2 unspecified atom stereocenters. The number of methoxy groups -OCH3 is 1. The predicted octanol–water partition coefficient (Wildman–Crippen LogP) is 8.52. The van der Waals surface area contributed by atoms with Crippen LogP contribution < -0.4 is 5.56 Å². The number of allylic oxidation sites excluding steroid dienone is 1. The van der Waals surface area contributed by atoms with E-state index in [0.29, 0.717) is 18.7 Å². The van der Waals surface area contributed by atoms with E-state index >= 15 is 0 Å². The number of ether oxygens (including phenoxy) is 1. The molecule has 2 atom stereocenters. The highest BCUT2D eigenvalue weighted by Gasteiger charge is 2.50. The zero-order valence-corrected chi connectivity index (χ0v) is 32.2. The first-order valence-electron chi connectivity index (χ1n) is 19.8. The molecule has 0 radical (unpaired) electrons. The summed E-state index contributed by atoms with van der Waals surface area (Å²) in [5.41, 5.74) is 6.63. The summed E-state index contributed by atoms with van der Waals surface area (Å²) in [6.07, 6.45) is 8.49. The van der Waals surface area contributed by atoms with Crippen molar-refractivity contribution in [3.05, 3.63) is 196 Å². The predicted molar refractivity (Wildman–Crippen MR) is 221 cm³/mol. The number of nitrogens with zero attached hydrogens (tertiary/aromatic N) is 6. The van der Waals surface area contributed by atoms with Crippen molar-refractivity contribution in [1.82, 2.24) is 29.6 Å². The Balaban J connectivity index is 1.13. The third kappa shape index (κ3) is 5.79. The topological polar surface area (TPSA) is 96.8 Å². The number of tetrazole rings is 1. The number of aromatic nitrogens is 6. The van der Waals surface area contributed by atoms with Crippen LogP contribution in [0.4, 0.5) is 0 Å². The molecule has 3 aliphatic rings. The van der Waals surface area contributed by atoms with E-state index in [1.807, 2.05) is 41.1 Å². The van der Waals surface area contributed by atoms with Gasteiger partial charge < -0.3 is 4.74 Å². The van der Waals surface area contributed by atoms with Crippen molar-refractivity contribution in [2.45, 2.75) is 62.6 Å². The van der Waals surface area contributed by atoms with Crippen LogP contribution in [0.5, 0.6) is 0 Å². The lowest BCUT2D eigenvalue weighted by molar-refractivity contribution is -0.152. The van der Waals surface area contributed by atoms with E-state index in [0.717, 1.165) is 75.9 Å². The van der Waals surface area contributed by atoms with E-state index in [4.69, 9.17) is 15.0 Å². The Labute approximate surface area is 331 Å². The average molecular weight is 753 g/mol. The Morgan fingerprint density at radius 1 is 0.807 bits per heavy atom. The maximum Gasteiger partial charge on any atom is 0.337 e. The highest BCUT2D eigenvalue weighted by atomic mass is 16.5. The molecule has 0 saturated carbocycles. The van der Waals surface area contributed by atoms with E-state index in [2.05, 4.69) is 132 Å². The van der Waals surface area contributed by atoms with Gasteiger partial charge in [-0.05, 0) is 75.6 Å². The molecular weight excluding hydrogens is 709 g/mol. The Morgan fingerprint density at radius 3 is 1.96 bits per heavy atom. The Morgan fingerprint density at radius 2 is 1.40 bits per heavy atom. The van der Waals surface area contributed by atoms with E-state index in [1.54, 1.807) is 4.68 Å². The number of carbonyl (C=O) groups excluding carboxylic acids is 1. The van der Waals surface area contributed by atoms with Gasteiger partial charge in [-0.3, -0.25) is 9.48 Å². The van der Waals surface area contributed by atoms with E-state index in [-0.39, 0.29) is 11.6 Å². The van der Waals surface area contributed by atoms with Crippen LogP contribution in [0.25, 0.3) is 22.5 Å². The zero-order valence-electron chi connectivity index (χ0n) is 32.2. The number of hydrogen-bond acceptors (Lipinski definition) is 6. The number of carbonyl (C=O) groups is 1. The number of rotatable bonds is 12. The van der Waals surface area contributed by atoms with Crippen molar-refractivity contribution in [3.8, 4) is 22.5 Å². The van der Waals surface area contributed by atoms with Gasteiger partial charge in [0.15, 0.2) is 11.4 Å². The molecule has 5 aromatic carbocycles. The molecule has 0 fully saturated rings. The van der Waals surface area contributed by atoms with Crippen LogP contribution in [0.15, 0.2) is 156 Å². The van der Waals surface area contributed by atoms with E-state index in [1.165, 1.54) is 7.11 Å². The van der Waals surface area contributed by atoms with Gasteiger partial charge in [-0.1, -0.05) is 159 Å². The first-order chi connectivity index (χ1) is 28.0. The Bertz CT molecular complexity index is 2530. The maximum atomic E-state index is 14.4. The van der Waals surface area contributed by atoms with Crippen molar-refractivity contribution in [1.29, 1.82) is 0 Å². The molecule has 10 rings (SSSR count). The smallest absolute Gasteiger partial charge is 0.337 e. The van der Waals surface area contributed by atoms with Gasteiger partial charge in [0.25, 0.3) is 5.56 Å². The fourth-order valence-corrected chi connectivity index (χ4v) is 9.17.